The summed E-state index contributed by atoms with van der Waals surface area (Å²) < 4.78 is 2.30. The topological polar surface area (TPSA) is 90.9 Å². The minimum absolute atomic E-state index is 0.0330. The van der Waals surface area contributed by atoms with Crippen LogP contribution in [0, 0.1) is 18.3 Å². The van der Waals surface area contributed by atoms with Gasteiger partial charge in [0.25, 0.3) is 0 Å². The van der Waals surface area contributed by atoms with E-state index in [0.717, 1.165) is 16.8 Å². The molecular weight excluding hydrogens is 468 g/mol. The van der Waals surface area contributed by atoms with Gasteiger partial charge in [-0.05, 0) is 78.2 Å². The highest BCUT2D eigenvalue weighted by atomic mass is 79.9. The average Bonchev–Trinajstić information content (AvgIpc) is 3.05. The van der Waals surface area contributed by atoms with Crippen molar-refractivity contribution in [2.75, 3.05) is 5.32 Å². The van der Waals surface area contributed by atoms with E-state index in [-0.39, 0.29) is 11.7 Å². The summed E-state index contributed by atoms with van der Waals surface area (Å²) in [7, 11) is 0. The molecule has 30 heavy (non-hydrogen) atoms. The molecule has 154 valence electrons. The summed E-state index contributed by atoms with van der Waals surface area (Å²) in [6.45, 7) is 5.83. The van der Waals surface area contributed by atoms with Gasteiger partial charge >= 0.3 is 5.97 Å². The summed E-state index contributed by atoms with van der Waals surface area (Å²) in [6.07, 6.45) is 0. The Morgan fingerprint density at radius 2 is 1.93 bits per heavy atom. The van der Waals surface area contributed by atoms with Crippen LogP contribution in [0.4, 0.5) is 5.69 Å². The Balaban J connectivity index is 2.23. The molecule has 8 heteroatoms. The summed E-state index contributed by atoms with van der Waals surface area (Å²) >= 11 is 9.49. The molecule has 1 atom stereocenters. The number of hydrogen-bond donors (Lipinski definition) is 2. The van der Waals surface area contributed by atoms with Gasteiger partial charge < -0.3 is 15.0 Å². The number of carbonyl (C=O) groups is 1. The number of nitriles is 1. The van der Waals surface area contributed by atoms with Crippen molar-refractivity contribution in [1.29, 1.82) is 5.26 Å². The first-order valence-corrected chi connectivity index (χ1v) is 10.4. The largest absolute Gasteiger partial charge is 0.476 e. The molecular formula is C22H20BrClN4O2. The molecule has 0 saturated heterocycles. The molecule has 0 saturated carbocycles. The van der Waals surface area contributed by atoms with Crippen LogP contribution in [0.1, 0.15) is 58.8 Å². The van der Waals surface area contributed by atoms with Crippen molar-refractivity contribution < 1.29 is 9.90 Å². The first kappa shape index (κ1) is 21.9. The maximum atomic E-state index is 12.0. The highest BCUT2D eigenvalue weighted by Gasteiger charge is 2.30. The van der Waals surface area contributed by atoms with Crippen LogP contribution in [0.2, 0.25) is 5.02 Å². The van der Waals surface area contributed by atoms with E-state index >= 15 is 0 Å². The van der Waals surface area contributed by atoms with Crippen molar-refractivity contribution in [3.05, 3.63) is 80.3 Å². The number of imidazole rings is 1. The monoisotopic (exact) mass is 486 g/mol. The van der Waals surface area contributed by atoms with Gasteiger partial charge in [-0.2, -0.15) is 5.26 Å². The number of nitrogens with one attached hydrogen (secondary N) is 1. The number of halogens is 2. The lowest BCUT2D eigenvalue weighted by molar-refractivity contribution is 0.0689. The highest BCUT2D eigenvalue weighted by Crippen LogP contribution is 2.35. The van der Waals surface area contributed by atoms with Gasteiger partial charge in [0.1, 0.15) is 0 Å². The van der Waals surface area contributed by atoms with Crippen LogP contribution in [0.15, 0.2) is 47.2 Å². The van der Waals surface area contributed by atoms with Crippen LogP contribution < -0.4 is 5.32 Å². The van der Waals surface area contributed by atoms with Gasteiger partial charge in [0, 0.05) is 16.8 Å². The number of aromatic nitrogens is 2. The molecule has 0 spiro atoms. The Morgan fingerprint density at radius 1 is 1.27 bits per heavy atom. The van der Waals surface area contributed by atoms with Gasteiger partial charge in [-0.25, -0.2) is 9.78 Å². The molecule has 1 aromatic heterocycles. The molecule has 2 aromatic carbocycles. The summed E-state index contributed by atoms with van der Waals surface area (Å²) in [5.41, 5.74) is 3.55. The quantitative estimate of drug-likeness (QED) is 0.448. The lowest BCUT2D eigenvalue weighted by Crippen LogP contribution is -2.21. The molecule has 0 fully saturated rings. The molecule has 0 bridgehead atoms. The minimum atomic E-state index is -1.11. The van der Waals surface area contributed by atoms with Crippen molar-refractivity contribution in [2.24, 2.45) is 0 Å². The second-order valence-electron chi connectivity index (χ2n) is 7.15. The maximum absolute atomic E-state index is 12.0. The second kappa shape index (κ2) is 8.90. The Morgan fingerprint density at radius 3 is 2.47 bits per heavy atom. The Hall–Kier alpha value is -2.82. The van der Waals surface area contributed by atoms with Crippen molar-refractivity contribution >= 4 is 39.2 Å². The van der Waals surface area contributed by atoms with Crippen LogP contribution >= 0.6 is 27.5 Å². The van der Waals surface area contributed by atoms with Crippen LogP contribution in [0.5, 0.6) is 0 Å². The lowest BCUT2D eigenvalue weighted by Gasteiger charge is -2.25. The Kier molecular flexibility index (Phi) is 6.49. The second-order valence-corrected chi connectivity index (χ2v) is 8.30. The van der Waals surface area contributed by atoms with E-state index in [1.165, 1.54) is 0 Å². The van der Waals surface area contributed by atoms with E-state index in [0.29, 0.717) is 21.0 Å². The predicted molar refractivity (Wildman–Crippen MR) is 120 cm³/mol. The predicted octanol–water partition coefficient (Wildman–Crippen LogP) is 5.96. The molecule has 3 rings (SSSR count). The lowest BCUT2D eigenvalue weighted by atomic mass is 10.00. The minimum Gasteiger partial charge on any atom is -0.476 e. The number of aryl methyl sites for hydroxylation is 1. The zero-order valence-corrected chi connectivity index (χ0v) is 19.0. The summed E-state index contributed by atoms with van der Waals surface area (Å²) in [6, 6.07) is 14.2. The fraction of sp³-hybridized carbons (Fsp3) is 0.227. The zero-order chi connectivity index (χ0) is 22.0. The van der Waals surface area contributed by atoms with Gasteiger partial charge in [-0.15, -0.1) is 0 Å². The average molecular weight is 488 g/mol. The maximum Gasteiger partial charge on any atom is 0.356 e. The molecule has 6 nitrogen and oxygen atoms in total. The smallest absolute Gasteiger partial charge is 0.356 e. The number of benzene rings is 2. The molecule has 0 amide bonds. The van der Waals surface area contributed by atoms with Gasteiger partial charge in [0.15, 0.2) is 10.4 Å². The van der Waals surface area contributed by atoms with E-state index in [1.54, 1.807) is 24.3 Å². The molecule has 1 unspecified atom stereocenters. The number of carboxylic acids is 1. The number of carboxylic acid groups (broad SMARTS) is 1. The van der Waals surface area contributed by atoms with Gasteiger partial charge in [0.05, 0.1) is 23.4 Å². The molecule has 0 aliphatic carbocycles. The van der Waals surface area contributed by atoms with E-state index < -0.39 is 12.0 Å². The van der Waals surface area contributed by atoms with Gasteiger partial charge in [0.2, 0.25) is 0 Å². The first-order valence-electron chi connectivity index (χ1n) is 9.26. The third kappa shape index (κ3) is 4.35. The van der Waals surface area contributed by atoms with Crippen LogP contribution in [0.25, 0.3) is 0 Å². The summed E-state index contributed by atoms with van der Waals surface area (Å²) in [5, 5.41) is 23.0. The number of nitrogens with zero attached hydrogens (tertiary/aromatic N) is 3. The molecule has 0 aliphatic rings. The zero-order valence-electron chi connectivity index (χ0n) is 16.6. The van der Waals surface area contributed by atoms with E-state index in [1.807, 2.05) is 43.5 Å². The highest BCUT2D eigenvalue weighted by molar-refractivity contribution is 9.10. The van der Waals surface area contributed by atoms with Gasteiger partial charge in [-0.3, -0.25) is 0 Å². The Labute approximate surface area is 188 Å². The molecule has 3 aromatic rings. The van der Waals surface area contributed by atoms with Crippen molar-refractivity contribution in [1.82, 2.24) is 9.55 Å². The third-order valence-corrected chi connectivity index (χ3v) is 5.57. The fourth-order valence-electron chi connectivity index (χ4n) is 3.36. The molecule has 0 radical (unpaired) electrons. The summed E-state index contributed by atoms with van der Waals surface area (Å²) in [5.74, 6) is -1.11. The molecule has 1 heterocycles. The van der Waals surface area contributed by atoms with Crippen LogP contribution in [-0.2, 0) is 0 Å². The van der Waals surface area contributed by atoms with Crippen LogP contribution in [-0.4, -0.2) is 20.6 Å². The third-order valence-electron chi connectivity index (χ3n) is 4.76. The first-order chi connectivity index (χ1) is 14.2. The number of aromatic carboxylic acids is 1. The molecule has 2 N–H and O–H groups in total. The standard InChI is InChI=1S/C22H20BrClN4O2/c1-12(2)28-20(19(21(29)30)27-22(28)23)18(15-5-7-16(24)8-6-15)26-17-9-4-14(11-25)10-13(17)3/h4-10,12,18,26H,1-3H3,(H,29,30). The van der Waals surface area contributed by atoms with Crippen molar-refractivity contribution in [3.63, 3.8) is 0 Å². The molecule has 0 aliphatic heterocycles. The van der Waals surface area contributed by atoms with E-state index in [9.17, 15) is 9.90 Å². The fourth-order valence-corrected chi connectivity index (χ4v) is 4.26. The van der Waals surface area contributed by atoms with Crippen molar-refractivity contribution in [2.45, 2.75) is 32.9 Å². The SMILES string of the molecule is Cc1cc(C#N)ccc1NC(c1ccc(Cl)cc1)c1c(C(=O)O)nc(Br)n1C(C)C. The normalized spacial score (nSPS) is 11.9. The Bertz CT molecular complexity index is 1130. The van der Waals surface area contributed by atoms with Gasteiger partial charge in [-0.1, -0.05) is 23.7 Å². The summed E-state index contributed by atoms with van der Waals surface area (Å²) in [4.78, 5) is 16.3. The number of rotatable bonds is 6. The van der Waals surface area contributed by atoms with E-state index in [2.05, 4.69) is 32.3 Å². The number of anilines is 1. The van der Waals surface area contributed by atoms with Crippen molar-refractivity contribution in [3.8, 4) is 6.07 Å². The van der Waals surface area contributed by atoms with Crippen LogP contribution in [0.3, 0.4) is 0 Å². The number of hydrogen-bond acceptors (Lipinski definition) is 4. The van der Waals surface area contributed by atoms with E-state index in [4.69, 9.17) is 16.9 Å².